The van der Waals surface area contributed by atoms with Crippen molar-refractivity contribution in [3.63, 3.8) is 0 Å². The topological polar surface area (TPSA) is 74.3 Å². The van der Waals surface area contributed by atoms with E-state index < -0.39 is 6.16 Å². The first kappa shape index (κ1) is 20.2. The highest BCUT2D eigenvalue weighted by Crippen LogP contribution is 2.36. The van der Waals surface area contributed by atoms with Gasteiger partial charge in [0.2, 0.25) is 0 Å². The number of benzene rings is 2. The Labute approximate surface area is 171 Å². The Balaban J connectivity index is 1.43. The Hall–Kier alpha value is -2.52. The van der Waals surface area contributed by atoms with Gasteiger partial charge >= 0.3 is 6.16 Å². The molecule has 0 saturated heterocycles. The highest BCUT2D eigenvalue weighted by Gasteiger charge is 2.08. The second-order valence-corrected chi connectivity index (χ2v) is 7.76. The number of carbonyl (C=O) groups is 1. The molecule has 3 aromatic rings. The Morgan fingerprint density at radius 3 is 2.46 bits per heavy atom. The number of hydrogen-bond donors (Lipinski definition) is 1. The van der Waals surface area contributed by atoms with Gasteiger partial charge in [-0.3, -0.25) is 0 Å². The van der Waals surface area contributed by atoms with Crippen LogP contribution in [0.15, 0.2) is 82.8 Å². The molecule has 0 aliphatic heterocycles. The maximum Gasteiger partial charge on any atom is 0.514 e. The summed E-state index contributed by atoms with van der Waals surface area (Å²) in [5.74, 6) is 0.413. The molecule has 0 bridgehead atoms. The number of quaternary nitrogens is 1. The Kier molecular flexibility index (Phi) is 7.74. The maximum absolute atomic E-state index is 11.8. The largest absolute Gasteiger partial charge is 0.514 e. The molecule has 144 valence electrons. The van der Waals surface area contributed by atoms with Crippen LogP contribution in [0.3, 0.4) is 0 Å². The number of aromatic nitrogens is 1. The number of nitrogens with zero attached hydrogens (tertiary/aromatic N) is 1. The van der Waals surface area contributed by atoms with Crippen LogP contribution in [-0.2, 0) is 16.2 Å². The first-order chi connectivity index (χ1) is 13.7. The minimum Gasteiger partial charge on any atom is -0.429 e. The molecule has 0 fully saturated rings. The van der Waals surface area contributed by atoms with Crippen LogP contribution in [0.1, 0.15) is 5.56 Å². The van der Waals surface area contributed by atoms with E-state index in [1.165, 1.54) is 0 Å². The first-order valence-corrected chi connectivity index (χ1v) is 10.5. The number of carbonyl (C=O) groups excluding carboxylic acids is 1. The van der Waals surface area contributed by atoms with Gasteiger partial charge in [-0.2, -0.15) is 5.48 Å². The third-order valence-electron chi connectivity index (χ3n) is 3.48. The summed E-state index contributed by atoms with van der Waals surface area (Å²) in [6.07, 6.45) is 1.03. The Morgan fingerprint density at radius 2 is 1.79 bits per heavy atom. The quantitative estimate of drug-likeness (QED) is 0.193. The van der Waals surface area contributed by atoms with Crippen molar-refractivity contribution in [2.24, 2.45) is 0 Å². The van der Waals surface area contributed by atoms with Gasteiger partial charge in [-0.05, 0) is 52.8 Å². The van der Waals surface area contributed by atoms with Gasteiger partial charge in [-0.1, -0.05) is 29.0 Å². The van der Waals surface area contributed by atoms with Crippen molar-refractivity contribution < 1.29 is 24.6 Å². The lowest BCUT2D eigenvalue weighted by molar-refractivity contribution is -0.830. The molecule has 0 radical (unpaired) electrons. The van der Waals surface area contributed by atoms with Crippen molar-refractivity contribution in [1.82, 2.24) is 4.98 Å². The van der Waals surface area contributed by atoms with E-state index in [9.17, 15) is 4.79 Å². The summed E-state index contributed by atoms with van der Waals surface area (Å²) in [6.45, 7) is 0.146. The number of hydrogen-bond acceptors (Lipinski definition) is 7. The van der Waals surface area contributed by atoms with Crippen LogP contribution in [0.5, 0.6) is 5.75 Å². The standard InChI is InChI=1S/C20H18N2O4S2/c1-24-22-16-7-9-17(10-8-16)26-20(23)25-14-15-5-11-18(12-6-15)27-28-19-4-2-3-13-21-19/h2-13,22H,14H2,1H3/p+1. The van der Waals surface area contributed by atoms with E-state index in [1.807, 2.05) is 42.5 Å². The molecule has 0 spiro atoms. The van der Waals surface area contributed by atoms with Crippen molar-refractivity contribution in [2.75, 3.05) is 7.11 Å². The molecule has 3 rings (SSSR count). The van der Waals surface area contributed by atoms with E-state index in [4.69, 9.17) is 14.3 Å². The van der Waals surface area contributed by atoms with Crippen LogP contribution in [0.25, 0.3) is 0 Å². The highest BCUT2D eigenvalue weighted by molar-refractivity contribution is 8.76. The number of pyridine rings is 1. The molecule has 28 heavy (non-hydrogen) atoms. The van der Waals surface area contributed by atoms with E-state index in [0.717, 1.165) is 21.2 Å². The van der Waals surface area contributed by atoms with Gasteiger partial charge in [-0.25, -0.2) is 14.6 Å². The predicted molar refractivity (Wildman–Crippen MR) is 108 cm³/mol. The Morgan fingerprint density at radius 1 is 1.00 bits per heavy atom. The number of rotatable bonds is 8. The summed E-state index contributed by atoms with van der Waals surface area (Å²) in [6, 6.07) is 20.5. The molecule has 0 amide bonds. The fraction of sp³-hybridized carbons (Fsp3) is 0.100. The van der Waals surface area contributed by atoms with Gasteiger partial charge in [0.1, 0.15) is 17.4 Å². The zero-order valence-electron chi connectivity index (χ0n) is 15.1. The van der Waals surface area contributed by atoms with Crippen molar-refractivity contribution in [2.45, 2.75) is 16.5 Å². The monoisotopic (exact) mass is 415 g/mol. The molecule has 0 aliphatic rings. The molecule has 0 unspecified atom stereocenters. The normalized spacial score (nSPS) is 10.5. The van der Waals surface area contributed by atoms with E-state index in [0.29, 0.717) is 5.75 Å². The van der Waals surface area contributed by atoms with E-state index in [1.54, 1.807) is 64.6 Å². The van der Waals surface area contributed by atoms with Crippen LogP contribution in [-0.4, -0.2) is 18.2 Å². The van der Waals surface area contributed by atoms with Gasteiger partial charge in [-0.15, -0.1) is 0 Å². The summed E-state index contributed by atoms with van der Waals surface area (Å²) in [4.78, 5) is 22.1. The molecule has 0 saturated carbocycles. The molecule has 0 aliphatic carbocycles. The lowest BCUT2D eigenvalue weighted by Gasteiger charge is -2.07. The first-order valence-electron chi connectivity index (χ1n) is 8.38. The number of nitrogens with two attached hydrogens (primary N) is 1. The summed E-state index contributed by atoms with van der Waals surface area (Å²) >= 11 is 0. The molecular weight excluding hydrogens is 396 g/mol. The van der Waals surface area contributed by atoms with Gasteiger partial charge in [0.05, 0.1) is 7.11 Å². The smallest absolute Gasteiger partial charge is 0.429 e. The van der Waals surface area contributed by atoms with Crippen molar-refractivity contribution in [3.05, 3.63) is 78.5 Å². The van der Waals surface area contributed by atoms with Gasteiger partial charge in [0, 0.05) is 23.2 Å². The fourth-order valence-electron chi connectivity index (χ4n) is 2.15. The van der Waals surface area contributed by atoms with Crippen molar-refractivity contribution >= 4 is 33.4 Å². The van der Waals surface area contributed by atoms with Crippen molar-refractivity contribution in [3.8, 4) is 5.75 Å². The highest BCUT2D eigenvalue weighted by atomic mass is 33.1. The van der Waals surface area contributed by atoms with E-state index in [-0.39, 0.29) is 6.61 Å². The van der Waals surface area contributed by atoms with Crippen LogP contribution >= 0.6 is 21.6 Å². The summed E-state index contributed by atoms with van der Waals surface area (Å²) in [5.41, 5.74) is 3.36. The van der Waals surface area contributed by atoms with Crippen LogP contribution in [0.2, 0.25) is 0 Å². The third-order valence-corrected chi connectivity index (χ3v) is 5.78. The second-order valence-electron chi connectivity index (χ2n) is 5.54. The minimum atomic E-state index is -0.743. The molecule has 2 aromatic carbocycles. The van der Waals surface area contributed by atoms with Crippen LogP contribution in [0.4, 0.5) is 10.5 Å². The van der Waals surface area contributed by atoms with E-state index >= 15 is 0 Å². The van der Waals surface area contributed by atoms with Gasteiger partial charge in [0.25, 0.3) is 0 Å². The maximum atomic E-state index is 11.8. The van der Waals surface area contributed by atoms with Crippen LogP contribution in [0, 0.1) is 0 Å². The van der Waals surface area contributed by atoms with Crippen LogP contribution < -0.4 is 10.2 Å². The summed E-state index contributed by atoms with van der Waals surface area (Å²) in [5, 5.41) is 0.954. The lowest BCUT2D eigenvalue weighted by Crippen LogP contribution is -2.75. The summed E-state index contributed by atoms with van der Waals surface area (Å²) in [7, 11) is 4.79. The molecular formula is C20H19N2O4S2+. The fourth-order valence-corrected chi connectivity index (χ4v) is 3.99. The molecule has 8 heteroatoms. The second kappa shape index (κ2) is 10.7. The average molecular weight is 416 g/mol. The predicted octanol–water partition coefficient (Wildman–Crippen LogP) is 4.35. The lowest BCUT2D eigenvalue weighted by atomic mass is 10.2. The third kappa shape index (κ3) is 6.58. The SMILES string of the molecule is CO[NH2+]c1ccc(OC(=O)OCc2ccc(SSc3ccccn3)cc2)cc1. The molecule has 6 nitrogen and oxygen atoms in total. The van der Waals surface area contributed by atoms with Gasteiger partial charge in [0.15, 0.2) is 5.69 Å². The zero-order chi connectivity index (χ0) is 19.6. The van der Waals surface area contributed by atoms with Gasteiger partial charge < -0.3 is 9.47 Å². The van der Waals surface area contributed by atoms with E-state index in [2.05, 4.69) is 4.98 Å². The Bertz CT molecular complexity index is 875. The molecule has 1 aromatic heterocycles. The summed E-state index contributed by atoms with van der Waals surface area (Å²) < 4.78 is 10.3. The molecule has 0 atom stereocenters. The number of ether oxygens (including phenoxy) is 2. The zero-order valence-corrected chi connectivity index (χ0v) is 16.7. The minimum absolute atomic E-state index is 0.146. The average Bonchev–Trinajstić information content (AvgIpc) is 2.74. The molecule has 1 heterocycles. The molecule has 2 N–H and O–H groups in total. The van der Waals surface area contributed by atoms with Crippen molar-refractivity contribution in [1.29, 1.82) is 0 Å².